The van der Waals surface area contributed by atoms with Gasteiger partial charge in [-0.05, 0) is 32.1 Å². The van der Waals surface area contributed by atoms with Gasteiger partial charge in [-0.15, -0.1) is 0 Å². The number of nitrogens with zero attached hydrogens (tertiary/aromatic N) is 1. The van der Waals surface area contributed by atoms with Gasteiger partial charge >= 0.3 is 7.82 Å². The van der Waals surface area contributed by atoms with Crippen LogP contribution in [0.25, 0.3) is 0 Å². The number of unbranched alkanes of at least 4 members (excludes halogenated alkanes) is 45. The highest BCUT2D eigenvalue weighted by Gasteiger charge is 2.27. The molecule has 0 aliphatic carbocycles. The topological polar surface area (TPSA) is 105 Å². The molecule has 3 unspecified atom stereocenters. The number of aliphatic hydroxyl groups is 1. The fraction of sp³-hybridized carbons (Fsp3) is 0.922. The smallest absolute Gasteiger partial charge is 0.387 e. The average molecular weight is 1050 g/mol. The molecule has 0 aromatic heterocycles. The summed E-state index contributed by atoms with van der Waals surface area (Å²) in [5.41, 5.74) is 0. The molecule has 0 radical (unpaired) electrons. The second-order valence-electron chi connectivity index (χ2n) is 23.5. The summed E-state index contributed by atoms with van der Waals surface area (Å²) in [5, 5.41) is 13.9. The maximum atomic E-state index is 13.0. The molecule has 0 saturated carbocycles. The molecule has 0 aromatic rings. The average Bonchev–Trinajstić information content (AvgIpc) is 3.35. The zero-order chi connectivity index (χ0) is 53.5. The molecule has 3 N–H and O–H groups in total. The molecule has 3 atom stereocenters. The number of nitrogens with one attached hydrogen (secondary N) is 1. The molecule has 0 aliphatic heterocycles. The molecule has 0 saturated heterocycles. The van der Waals surface area contributed by atoms with Crippen LogP contribution in [0.4, 0.5) is 0 Å². The van der Waals surface area contributed by atoms with Crippen molar-refractivity contribution in [1.82, 2.24) is 5.32 Å². The third-order valence-electron chi connectivity index (χ3n) is 14.9. The lowest BCUT2D eigenvalue weighted by molar-refractivity contribution is -0.870. The Labute approximate surface area is 455 Å². The Bertz CT molecular complexity index is 1240. The number of carbonyl (C=O) groups is 1. The van der Waals surface area contributed by atoms with Crippen molar-refractivity contribution in [2.45, 2.75) is 341 Å². The van der Waals surface area contributed by atoms with Gasteiger partial charge in [-0.2, -0.15) is 0 Å². The predicted molar refractivity (Wildman–Crippen MR) is 318 cm³/mol. The highest BCUT2D eigenvalue weighted by molar-refractivity contribution is 7.47. The Morgan fingerprint density at radius 3 is 1.10 bits per heavy atom. The number of hydrogen-bond donors (Lipinski definition) is 3. The molecule has 0 fully saturated rings. The van der Waals surface area contributed by atoms with Crippen LogP contribution < -0.4 is 5.32 Å². The van der Waals surface area contributed by atoms with E-state index in [4.69, 9.17) is 9.05 Å². The van der Waals surface area contributed by atoms with Gasteiger partial charge in [0, 0.05) is 6.42 Å². The van der Waals surface area contributed by atoms with Crippen molar-refractivity contribution in [1.29, 1.82) is 0 Å². The van der Waals surface area contributed by atoms with E-state index in [2.05, 4.69) is 31.3 Å². The van der Waals surface area contributed by atoms with E-state index < -0.39 is 20.0 Å². The van der Waals surface area contributed by atoms with Gasteiger partial charge in [-0.3, -0.25) is 13.8 Å². The van der Waals surface area contributed by atoms with Crippen LogP contribution in [0.5, 0.6) is 0 Å². The Kier molecular flexibility index (Phi) is 54.9. The molecule has 0 aliphatic rings. The largest absolute Gasteiger partial charge is 0.472 e. The van der Waals surface area contributed by atoms with Crippen LogP contribution in [-0.2, 0) is 18.4 Å². The number of quaternary nitrogens is 1. The lowest BCUT2D eigenvalue weighted by Crippen LogP contribution is -2.45. The highest BCUT2D eigenvalue weighted by Crippen LogP contribution is 2.43. The molecular weight excluding hydrogens is 924 g/mol. The minimum Gasteiger partial charge on any atom is -0.387 e. The second-order valence-corrected chi connectivity index (χ2v) is 24.9. The molecule has 434 valence electrons. The molecule has 0 aromatic carbocycles. The lowest BCUT2D eigenvalue weighted by Gasteiger charge is -2.25. The van der Waals surface area contributed by atoms with Gasteiger partial charge < -0.3 is 19.8 Å². The molecule has 0 rings (SSSR count). The third kappa shape index (κ3) is 58.5. The summed E-state index contributed by atoms with van der Waals surface area (Å²) in [6.45, 7) is 4.85. The number of likely N-dealkylation sites (N-methyl/N-ethyl adjacent to an activating group) is 1. The van der Waals surface area contributed by atoms with Gasteiger partial charge in [-0.1, -0.05) is 314 Å². The first kappa shape index (κ1) is 72.0. The van der Waals surface area contributed by atoms with E-state index in [0.717, 1.165) is 38.5 Å². The lowest BCUT2D eigenvalue weighted by atomic mass is 10.0. The summed E-state index contributed by atoms with van der Waals surface area (Å²) in [6.07, 6.45) is 71.7. The van der Waals surface area contributed by atoms with Crippen molar-refractivity contribution < 1.29 is 32.9 Å². The van der Waals surface area contributed by atoms with Gasteiger partial charge in [0.1, 0.15) is 13.2 Å². The van der Waals surface area contributed by atoms with E-state index in [1.807, 2.05) is 27.2 Å². The predicted octanol–water partition coefficient (Wildman–Crippen LogP) is 19.9. The third-order valence-corrected chi connectivity index (χ3v) is 15.9. The monoisotopic (exact) mass is 1050 g/mol. The van der Waals surface area contributed by atoms with Gasteiger partial charge in [0.25, 0.3) is 0 Å². The Hall–Kier alpha value is -1.02. The summed E-state index contributed by atoms with van der Waals surface area (Å²) < 4.78 is 23.7. The summed E-state index contributed by atoms with van der Waals surface area (Å²) in [5.74, 6) is -0.179. The van der Waals surface area contributed by atoms with E-state index in [1.54, 1.807) is 6.08 Å². The van der Waals surface area contributed by atoms with Crippen molar-refractivity contribution in [3.05, 3.63) is 24.3 Å². The molecule has 73 heavy (non-hydrogen) atoms. The first-order valence-electron chi connectivity index (χ1n) is 32.2. The molecule has 1 amide bonds. The van der Waals surface area contributed by atoms with E-state index in [9.17, 15) is 19.4 Å². The first-order valence-corrected chi connectivity index (χ1v) is 33.7. The molecule has 0 bridgehead atoms. The molecule has 9 heteroatoms. The van der Waals surface area contributed by atoms with E-state index >= 15 is 0 Å². The number of phosphoric acid groups is 1. The SMILES string of the molecule is CCCCCCCCCCCCCCCC/C=C/CC/C=C/C(O)C(COP(=O)(O)OCC[N+](C)(C)C)NC(=O)CCCCCCCCCCCCCCCCCCCCCCCCCCCCCCCCC. The summed E-state index contributed by atoms with van der Waals surface area (Å²) in [4.78, 5) is 23.3. The van der Waals surface area contributed by atoms with Crippen molar-refractivity contribution in [3.8, 4) is 0 Å². The van der Waals surface area contributed by atoms with Crippen molar-refractivity contribution in [2.75, 3.05) is 40.9 Å². The van der Waals surface area contributed by atoms with Gasteiger partial charge in [0.15, 0.2) is 0 Å². The summed E-state index contributed by atoms with van der Waals surface area (Å²) in [6, 6.07) is -0.861. The summed E-state index contributed by atoms with van der Waals surface area (Å²) >= 11 is 0. The minimum absolute atomic E-state index is 0.0589. The number of rotatable bonds is 60. The molecule has 0 spiro atoms. The molecule has 0 heterocycles. The number of carbonyl (C=O) groups excluding carboxylic acids is 1. The summed E-state index contributed by atoms with van der Waals surface area (Å²) in [7, 11) is 1.57. The van der Waals surface area contributed by atoms with Gasteiger partial charge in [0.2, 0.25) is 5.91 Å². The van der Waals surface area contributed by atoms with E-state index in [-0.39, 0.29) is 19.1 Å². The highest BCUT2D eigenvalue weighted by atomic mass is 31.2. The van der Waals surface area contributed by atoms with E-state index in [0.29, 0.717) is 17.4 Å². The molecular formula is C64H128N2O6P+. The minimum atomic E-state index is -4.35. The number of aliphatic hydroxyl groups excluding tert-OH is 1. The van der Waals surface area contributed by atoms with Crippen LogP contribution in [0.1, 0.15) is 328 Å². The van der Waals surface area contributed by atoms with Crippen LogP contribution in [-0.4, -0.2) is 73.4 Å². The number of allylic oxidation sites excluding steroid dienone is 3. The maximum Gasteiger partial charge on any atom is 0.472 e. The number of hydrogen-bond acceptors (Lipinski definition) is 5. The van der Waals surface area contributed by atoms with Crippen molar-refractivity contribution in [2.24, 2.45) is 0 Å². The maximum absolute atomic E-state index is 13.0. The number of amides is 1. The number of phosphoric ester groups is 1. The van der Waals surface area contributed by atoms with Crippen LogP contribution >= 0.6 is 7.82 Å². The van der Waals surface area contributed by atoms with Gasteiger partial charge in [-0.25, -0.2) is 4.57 Å². The Morgan fingerprint density at radius 1 is 0.452 bits per heavy atom. The normalized spacial score (nSPS) is 13.9. The van der Waals surface area contributed by atoms with Crippen LogP contribution in [0.2, 0.25) is 0 Å². The zero-order valence-corrected chi connectivity index (χ0v) is 50.5. The second kappa shape index (κ2) is 55.7. The van der Waals surface area contributed by atoms with Gasteiger partial charge in [0.05, 0.1) is 39.9 Å². The standard InChI is InChI=1S/C64H127N2O6P/c1-6-8-10-12-14-16-18-20-22-24-26-28-29-30-31-32-33-34-35-36-37-38-40-42-44-46-48-50-52-54-56-58-64(68)65-62(61-72-73(69,70)71-60-59-66(3,4)5)63(67)57-55-53-51-49-47-45-43-41-39-27-25-23-21-19-17-15-13-11-9-7-2/h47,49,55,57,62-63,67H,6-46,48,50-54,56,58-61H2,1-5H3,(H-,65,68,69,70)/p+1/b49-47+,57-55+. The molecule has 8 nitrogen and oxygen atoms in total. The van der Waals surface area contributed by atoms with Crippen molar-refractivity contribution >= 4 is 13.7 Å². The Morgan fingerprint density at radius 2 is 0.753 bits per heavy atom. The van der Waals surface area contributed by atoms with E-state index in [1.165, 1.54) is 270 Å². The van der Waals surface area contributed by atoms with Crippen LogP contribution in [0.15, 0.2) is 24.3 Å². The fourth-order valence-corrected chi connectivity index (χ4v) is 10.6. The van der Waals surface area contributed by atoms with Crippen LogP contribution in [0, 0.1) is 0 Å². The zero-order valence-electron chi connectivity index (χ0n) is 49.7. The Balaban J connectivity index is 4.07. The quantitative estimate of drug-likeness (QED) is 0.0243. The van der Waals surface area contributed by atoms with Crippen molar-refractivity contribution in [3.63, 3.8) is 0 Å². The fourth-order valence-electron chi connectivity index (χ4n) is 9.89. The first-order chi connectivity index (χ1) is 35.5. The van der Waals surface area contributed by atoms with Crippen LogP contribution in [0.3, 0.4) is 0 Å².